The van der Waals surface area contributed by atoms with Gasteiger partial charge >= 0.3 is 0 Å². The Bertz CT molecular complexity index is 615. The molecule has 1 N–H and O–H groups in total. The predicted octanol–water partition coefficient (Wildman–Crippen LogP) is 4.02. The van der Waals surface area contributed by atoms with Gasteiger partial charge in [-0.25, -0.2) is 4.68 Å². The monoisotopic (exact) mass is 267 g/mol. The first-order valence-corrected chi connectivity index (χ1v) is 7.73. The summed E-state index contributed by atoms with van der Waals surface area (Å²) in [6.07, 6.45) is 5.36. The second kappa shape index (κ2) is 4.65. The standard InChI is InChI=1S/C17H21N3/c1-12-16(13-7-3-2-4-8-13)19-20-15-10-6-5-9-14(15)11-18-17(12)20/h2-4,7-8,14-15,18H,5-6,9-11H2,1H3. The molecule has 1 fully saturated rings. The average molecular weight is 267 g/mol. The van der Waals surface area contributed by atoms with Crippen molar-refractivity contribution in [3.8, 4) is 11.3 Å². The lowest BCUT2D eigenvalue weighted by molar-refractivity contribution is 0.222. The fraction of sp³-hybridized carbons (Fsp3) is 0.471. The molecule has 1 aromatic carbocycles. The lowest BCUT2D eigenvalue weighted by atomic mass is 9.83. The van der Waals surface area contributed by atoms with Crippen LogP contribution in [-0.4, -0.2) is 16.3 Å². The summed E-state index contributed by atoms with van der Waals surface area (Å²) in [5.41, 5.74) is 3.65. The topological polar surface area (TPSA) is 29.9 Å². The number of hydrogen-bond donors (Lipinski definition) is 1. The van der Waals surface area contributed by atoms with Crippen LogP contribution in [0, 0.1) is 12.8 Å². The molecule has 1 aliphatic heterocycles. The molecule has 2 heterocycles. The quantitative estimate of drug-likeness (QED) is 0.846. The molecule has 2 aliphatic rings. The van der Waals surface area contributed by atoms with Crippen LogP contribution in [0.5, 0.6) is 0 Å². The summed E-state index contributed by atoms with van der Waals surface area (Å²) in [4.78, 5) is 0. The van der Waals surface area contributed by atoms with Gasteiger partial charge in [0.1, 0.15) is 5.82 Å². The van der Waals surface area contributed by atoms with Crippen molar-refractivity contribution in [1.29, 1.82) is 0 Å². The largest absolute Gasteiger partial charge is 0.370 e. The number of fused-ring (bicyclic) bond motifs is 3. The van der Waals surface area contributed by atoms with Crippen molar-refractivity contribution < 1.29 is 0 Å². The molecule has 0 spiro atoms. The molecule has 2 aromatic rings. The van der Waals surface area contributed by atoms with E-state index in [1.165, 1.54) is 42.6 Å². The van der Waals surface area contributed by atoms with Gasteiger partial charge in [-0.1, -0.05) is 43.2 Å². The number of rotatable bonds is 1. The molecule has 2 atom stereocenters. The Morgan fingerprint density at radius 3 is 2.80 bits per heavy atom. The lowest BCUT2D eigenvalue weighted by Gasteiger charge is -2.37. The molecule has 2 unspecified atom stereocenters. The summed E-state index contributed by atoms with van der Waals surface area (Å²) in [5.74, 6) is 2.01. The Labute approximate surface area is 120 Å². The third-order valence-corrected chi connectivity index (χ3v) is 4.91. The Balaban J connectivity index is 1.80. The highest BCUT2D eigenvalue weighted by molar-refractivity contribution is 5.69. The Kier molecular flexibility index (Phi) is 2.79. The summed E-state index contributed by atoms with van der Waals surface area (Å²) >= 11 is 0. The molecule has 3 heteroatoms. The van der Waals surface area contributed by atoms with E-state index in [1.807, 2.05) is 0 Å². The maximum atomic E-state index is 4.96. The minimum atomic E-state index is 0.608. The van der Waals surface area contributed by atoms with Crippen molar-refractivity contribution in [2.75, 3.05) is 11.9 Å². The molecular weight excluding hydrogens is 246 g/mol. The van der Waals surface area contributed by atoms with Gasteiger partial charge in [0, 0.05) is 17.7 Å². The van der Waals surface area contributed by atoms with Crippen molar-refractivity contribution in [1.82, 2.24) is 9.78 Å². The van der Waals surface area contributed by atoms with Crippen LogP contribution < -0.4 is 5.32 Å². The number of aromatic nitrogens is 2. The minimum Gasteiger partial charge on any atom is -0.370 e. The van der Waals surface area contributed by atoms with E-state index in [0.717, 1.165) is 18.2 Å². The van der Waals surface area contributed by atoms with Crippen LogP contribution in [0.1, 0.15) is 37.3 Å². The summed E-state index contributed by atoms with van der Waals surface area (Å²) in [5, 5.41) is 8.58. The molecule has 0 bridgehead atoms. The van der Waals surface area contributed by atoms with Crippen molar-refractivity contribution in [3.63, 3.8) is 0 Å². The first-order valence-electron chi connectivity index (χ1n) is 7.73. The SMILES string of the molecule is Cc1c(-c2ccccc2)nn2c1NCC1CCCCC12. The molecule has 0 radical (unpaired) electrons. The van der Waals surface area contributed by atoms with E-state index in [-0.39, 0.29) is 0 Å². The summed E-state index contributed by atoms with van der Waals surface area (Å²) in [6.45, 7) is 3.31. The van der Waals surface area contributed by atoms with Gasteiger partial charge in [-0.2, -0.15) is 5.10 Å². The molecule has 0 amide bonds. The first kappa shape index (κ1) is 12.0. The van der Waals surface area contributed by atoms with Crippen LogP contribution in [0.3, 0.4) is 0 Å². The van der Waals surface area contributed by atoms with Crippen molar-refractivity contribution in [2.45, 2.75) is 38.6 Å². The van der Waals surface area contributed by atoms with E-state index >= 15 is 0 Å². The van der Waals surface area contributed by atoms with Crippen LogP contribution in [0.25, 0.3) is 11.3 Å². The van der Waals surface area contributed by atoms with Crippen LogP contribution in [0.15, 0.2) is 30.3 Å². The van der Waals surface area contributed by atoms with Gasteiger partial charge < -0.3 is 5.32 Å². The van der Waals surface area contributed by atoms with Crippen molar-refractivity contribution in [3.05, 3.63) is 35.9 Å². The van der Waals surface area contributed by atoms with Crippen molar-refractivity contribution >= 4 is 5.82 Å². The van der Waals surface area contributed by atoms with Crippen LogP contribution in [0.2, 0.25) is 0 Å². The van der Waals surface area contributed by atoms with E-state index in [9.17, 15) is 0 Å². The third kappa shape index (κ3) is 1.76. The minimum absolute atomic E-state index is 0.608. The van der Waals surface area contributed by atoms with Gasteiger partial charge in [-0.05, 0) is 25.7 Å². The second-order valence-electron chi connectivity index (χ2n) is 6.13. The Morgan fingerprint density at radius 1 is 1.15 bits per heavy atom. The van der Waals surface area contributed by atoms with E-state index in [0.29, 0.717) is 6.04 Å². The fourth-order valence-corrected chi connectivity index (χ4v) is 3.82. The molecule has 4 rings (SSSR count). The van der Waals surface area contributed by atoms with Gasteiger partial charge in [0.15, 0.2) is 0 Å². The summed E-state index contributed by atoms with van der Waals surface area (Å²) < 4.78 is 2.28. The smallest absolute Gasteiger partial charge is 0.128 e. The highest BCUT2D eigenvalue weighted by atomic mass is 15.4. The molecule has 3 nitrogen and oxygen atoms in total. The van der Waals surface area contributed by atoms with E-state index in [2.05, 4.69) is 47.3 Å². The molecule has 1 aromatic heterocycles. The normalized spacial score (nSPS) is 24.6. The molecule has 1 aliphatic carbocycles. The average Bonchev–Trinajstić information content (AvgIpc) is 2.86. The maximum Gasteiger partial charge on any atom is 0.128 e. The first-order chi connectivity index (χ1) is 9.84. The van der Waals surface area contributed by atoms with Gasteiger partial charge in [0.2, 0.25) is 0 Å². The highest BCUT2D eigenvalue weighted by Gasteiger charge is 2.34. The van der Waals surface area contributed by atoms with Gasteiger partial charge in [-0.3, -0.25) is 0 Å². The van der Waals surface area contributed by atoms with Crippen LogP contribution in [0.4, 0.5) is 5.82 Å². The fourth-order valence-electron chi connectivity index (χ4n) is 3.82. The van der Waals surface area contributed by atoms with Crippen LogP contribution >= 0.6 is 0 Å². The Morgan fingerprint density at radius 2 is 1.95 bits per heavy atom. The number of nitrogens with zero attached hydrogens (tertiary/aromatic N) is 2. The van der Waals surface area contributed by atoms with Gasteiger partial charge in [0.05, 0.1) is 11.7 Å². The lowest BCUT2D eigenvalue weighted by Crippen LogP contribution is -2.35. The summed E-state index contributed by atoms with van der Waals surface area (Å²) in [6, 6.07) is 11.1. The predicted molar refractivity (Wildman–Crippen MR) is 81.9 cm³/mol. The molecule has 0 saturated heterocycles. The van der Waals surface area contributed by atoms with Crippen LogP contribution in [-0.2, 0) is 0 Å². The number of benzene rings is 1. The van der Waals surface area contributed by atoms with E-state index in [1.54, 1.807) is 0 Å². The zero-order chi connectivity index (χ0) is 13.5. The molecule has 1 saturated carbocycles. The number of anilines is 1. The zero-order valence-corrected chi connectivity index (χ0v) is 12.0. The third-order valence-electron chi connectivity index (χ3n) is 4.91. The molecule has 20 heavy (non-hydrogen) atoms. The van der Waals surface area contributed by atoms with Gasteiger partial charge in [0.25, 0.3) is 0 Å². The maximum absolute atomic E-state index is 4.96. The van der Waals surface area contributed by atoms with Crippen molar-refractivity contribution in [2.24, 2.45) is 5.92 Å². The summed E-state index contributed by atoms with van der Waals surface area (Å²) in [7, 11) is 0. The zero-order valence-electron chi connectivity index (χ0n) is 12.0. The molecule has 104 valence electrons. The number of hydrogen-bond acceptors (Lipinski definition) is 2. The van der Waals surface area contributed by atoms with E-state index in [4.69, 9.17) is 5.10 Å². The van der Waals surface area contributed by atoms with Gasteiger partial charge in [-0.15, -0.1) is 0 Å². The molecular formula is C17H21N3. The number of nitrogens with one attached hydrogen (secondary N) is 1. The van der Waals surface area contributed by atoms with E-state index < -0.39 is 0 Å². The highest BCUT2D eigenvalue weighted by Crippen LogP contribution is 2.41. The Hall–Kier alpha value is -1.77. The second-order valence-corrected chi connectivity index (χ2v) is 6.13.